The number of fused-ring (bicyclic) bond motifs is 1. The average Bonchev–Trinajstić information content (AvgIpc) is 2.84. The summed E-state index contributed by atoms with van der Waals surface area (Å²) in [5.74, 6) is -0.103. The molecule has 0 fully saturated rings. The van der Waals surface area contributed by atoms with Gasteiger partial charge in [-0.25, -0.2) is 0 Å². The van der Waals surface area contributed by atoms with Crippen molar-refractivity contribution in [2.75, 3.05) is 0 Å². The standard InChI is InChI=1S/C26H20N4O3/c1-18-9-8-14-30-23(18)29-25(33-21-12-6-3-7-13-21)22(26(30)32)15-20(16-27)24(31)28-17-19-10-4-2-5-11-19/h2-15H,17H2,1H3,(H,28,31)/b20-15+. The minimum atomic E-state index is -0.597. The van der Waals surface area contributed by atoms with Gasteiger partial charge in [0.2, 0.25) is 5.88 Å². The molecule has 2 aromatic carbocycles. The van der Waals surface area contributed by atoms with Gasteiger partial charge in [-0.3, -0.25) is 14.0 Å². The molecule has 0 unspecified atom stereocenters. The summed E-state index contributed by atoms with van der Waals surface area (Å²) in [6.45, 7) is 2.08. The lowest BCUT2D eigenvalue weighted by atomic mass is 10.1. The highest BCUT2D eigenvalue weighted by atomic mass is 16.5. The molecule has 0 aliphatic rings. The fourth-order valence-corrected chi connectivity index (χ4v) is 3.26. The monoisotopic (exact) mass is 436 g/mol. The summed E-state index contributed by atoms with van der Waals surface area (Å²) in [4.78, 5) is 30.5. The van der Waals surface area contributed by atoms with Crippen LogP contribution >= 0.6 is 0 Å². The quantitative estimate of drug-likeness (QED) is 0.364. The van der Waals surface area contributed by atoms with Crippen LogP contribution in [0, 0.1) is 18.3 Å². The maximum atomic E-state index is 13.3. The van der Waals surface area contributed by atoms with E-state index in [0.29, 0.717) is 11.4 Å². The Kier molecular flexibility index (Phi) is 6.28. The average molecular weight is 436 g/mol. The van der Waals surface area contributed by atoms with Gasteiger partial charge in [-0.2, -0.15) is 10.2 Å². The van der Waals surface area contributed by atoms with Crippen molar-refractivity contribution < 1.29 is 9.53 Å². The summed E-state index contributed by atoms with van der Waals surface area (Å²) in [6.07, 6.45) is 2.81. The van der Waals surface area contributed by atoms with E-state index in [4.69, 9.17) is 4.74 Å². The molecular formula is C26H20N4O3. The predicted molar refractivity (Wildman–Crippen MR) is 125 cm³/mol. The number of nitrogens with zero attached hydrogens (tertiary/aromatic N) is 3. The minimum absolute atomic E-state index is 0.00774. The third-order valence-electron chi connectivity index (χ3n) is 4.96. The van der Waals surface area contributed by atoms with E-state index in [1.54, 1.807) is 36.5 Å². The van der Waals surface area contributed by atoms with Crippen molar-refractivity contribution in [1.82, 2.24) is 14.7 Å². The lowest BCUT2D eigenvalue weighted by Crippen LogP contribution is -2.25. The number of benzene rings is 2. The van der Waals surface area contributed by atoms with E-state index in [0.717, 1.165) is 11.1 Å². The number of aryl methyl sites for hydroxylation is 1. The molecule has 0 radical (unpaired) electrons. The predicted octanol–water partition coefficient (Wildman–Crippen LogP) is 4.02. The number of amides is 1. The number of nitriles is 1. The summed E-state index contributed by atoms with van der Waals surface area (Å²) in [6, 6.07) is 23.7. The summed E-state index contributed by atoms with van der Waals surface area (Å²) < 4.78 is 7.27. The lowest BCUT2D eigenvalue weighted by molar-refractivity contribution is -0.117. The normalized spacial score (nSPS) is 11.1. The number of rotatable bonds is 6. The number of aromatic nitrogens is 2. The van der Waals surface area contributed by atoms with E-state index in [1.807, 2.05) is 55.5 Å². The van der Waals surface area contributed by atoms with Crippen LogP contribution in [0.2, 0.25) is 0 Å². The Hall–Kier alpha value is -4.70. The molecule has 7 nitrogen and oxygen atoms in total. The molecule has 0 atom stereocenters. The third kappa shape index (κ3) is 4.81. The van der Waals surface area contributed by atoms with Crippen molar-refractivity contribution in [3.05, 3.63) is 112 Å². The number of hydrogen-bond donors (Lipinski definition) is 1. The number of carbonyl (C=O) groups excluding carboxylic acids is 1. The van der Waals surface area contributed by atoms with Crippen molar-refractivity contribution in [3.8, 4) is 17.7 Å². The Morgan fingerprint density at radius 1 is 1.09 bits per heavy atom. The van der Waals surface area contributed by atoms with E-state index in [9.17, 15) is 14.9 Å². The number of nitrogens with one attached hydrogen (secondary N) is 1. The summed E-state index contributed by atoms with van der Waals surface area (Å²) in [5, 5.41) is 12.3. The van der Waals surface area contributed by atoms with Gasteiger partial charge >= 0.3 is 0 Å². The maximum absolute atomic E-state index is 13.3. The molecule has 1 amide bonds. The highest BCUT2D eigenvalue weighted by Gasteiger charge is 2.18. The first-order valence-corrected chi connectivity index (χ1v) is 10.3. The van der Waals surface area contributed by atoms with Crippen molar-refractivity contribution in [2.24, 2.45) is 0 Å². The number of carbonyl (C=O) groups is 1. The van der Waals surface area contributed by atoms with E-state index >= 15 is 0 Å². The van der Waals surface area contributed by atoms with Gasteiger partial charge in [0.25, 0.3) is 11.5 Å². The molecule has 7 heteroatoms. The maximum Gasteiger partial charge on any atom is 0.269 e. The zero-order valence-electron chi connectivity index (χ0n) is 17.9. The molecule has 2 aromatic heterocycles. The van der Waals surface area contributed by atoms with E-state index < -0.39 is 11.5 Å². The Morgan fingerprint density at radius 2 is 1.79 bits per heavy atom. The summed E-state index contributed by atoms with van der Waals surface area (Å²) in [7, 11) is 0. The number of pyridine rings is 1. The molecular weight excluding hydrogens is 416 g/mol. The Bertz CT molecular complexity index is 1440. The smallest absolute Gasteiger partial charge is 0.269 e. The molecule has 162 valence electrons. The van der Waals surface area contributed by atoms with Crippen molar-refractivity contribution in [1.29, 1.82) is 5.26 Å². The van der Waals surface area contributed by atoms with Crippen LogP contribution in [-0.4, -0.2) is 15.3 Å². The third-order valence-corrected chi connectivity index (χ3v) is 4.96. The van der Waals surface area contributed by atoms with Crippen LogP contribution in [0.15, 0.2) is 89.4 Å². The molecule has 1 N–H and O–H groups in total. The van der Waals surface area contributed by atoms with Crippen LogP contribution in [0.25, 0.3) is 11.7 Å². The molecule has 4 rings (SSSR count). The highest BCUT2D eigenvalue weighted by molar-refractivity contribution is 6.01. The van der Waals surface area contributed by atoms with Gasteiger partial charge in [-0.15, -0.1) is 0 Å². The zero-order chi connectivity index (χ0) is 23.2. The molecule has 0 bridgehead atoms. The van der Waals surface area contributed by atoms with Gasteiger partial charge in [-0.1, -0.05) is 54.6 Å². The first kappa shape index (κ1) is 21.5. The van der Waals surface area contributed by atoms with Crippen LogP contribution in [0.3, 0.4) is 0 Å². The van der Waals surface area contributed by atoms with Gasteiger partial charge in [0, 0.05) is 12.7 Å². The van der Waals surface area contributed by atoms with Gasteiger partial charge in [0.05, 0.1) is 0 Å². The topological polar surface area (TPSA) is 96.5 Å². The highest BCUT2D eigenvalue weighted by Crippen LogP contribution is 2.24. The van der Waals surface area contributed by atoms with Gasteiger partial charge in [-0.05, 0) is 42.3 Å². The minimum Gasteiger partial charge on any atom is -0.438 e. The van der Waals surface area contributed by atoms with Crippen LogP contribution in [0.5, 0.6) is 11.6 Å². The second kappa shape index (κ2) is 9.62. The summed E-state index contributed by atoms with van der Waals surface area (Å²) >= 11 is 0. The fraction of sp³-hybridized carbons (Fsp3) is 0.0769. The number of ether oxygens (including phenoxy) is 1. The second-order valence-electron chi connectivity index (χ2n) is 7.27. The first-order valence-electron chi connectivity index (χ1n) is 10.3. The van der Waals surface area contributed by atoms with Crippen molar-refractivity contribution >= 4 is 17.6 Å². The van der Waals surface area contributed by atoms with Gasteiger partial charge in [0.15, 0.2) is 0 Å². The van der Waals surface area contributed by atoms with Crippen LogP contribution < -0.4 is 15.6 Å². The van der Waals surface area contributed by atoms with Crippen molar-refractivity contribution in [2.45, 2.75) is 13.5 Å². The molecule has 0 saturated heterocycles. The first-order chi connectivity index (χ1) is 16.1. The van der Waals surface area contributed by atoms with E-state index in [-0.39, 0.29) is 23.6 Å². The molecule has 33 heavy (non-hydrogen) atoms. The van der Waals surface area contributed by atoms with Crippen molar-refractivity contribution in [3.63, 3.8) is 0 Å². The molecule has 0 aliphatic heterocycles. The Balaban J connectivity index is 1.77. The van der Waals surface area contributed by atoms with Crippen LogP contribution in [0.1, 0.15) is 16.7 Å². The largest absolute Gasteiger partial charge is 0.438 e. The Labute approximate surface area is 190 Å². The molecule has 0 saturated carbocycles. The van der Waals surface area contributed by atoms with Gasteiger partial charge in [0.1, 0.15) is 28.6 Å². The second-order valence-corrected chi connectivity index (χ2v) is 7.27. The Morgan fingerprint density at radius 3 is 2.48 bits per heavy atom. The molecule has 4 aromatic rings. The summed E-state index contributed by atoms with van der Waals surface area (Å²) in [5.41, 5.74) is 1.43. The SMILES string of the molecule is Cc1cccn2c(=O)c(/C=C(\C#N)C(=O)NCc3ccccc3)c(Oc3ccccc3)nc12. The van der Waals surface area contributed by atoms with Crippen LogP contribution in [0.4, 0.5) is 0 Å². The number of hydrogen-bond acceptors (Lipinski definition) is 5. The lowest BCUT2D eigenvalue weighted by Gasteiger charge is -2.11. The number of para-hydroxylation sites is 1. The molecule has 0 spiro atoms. The fourth-order valence-electron chi connectivity index (χ4n) is 3.26. The van der Waals surface area contributed by atoms with E-state index in [1.165, 1.54) is 10.5 Å². The molecule has 2 heterocycles. The van der Waals surface area contributed by atoms with Gasteiger partial charge < -0.3 is 10.1 Å². The van der Waals surface area contributed by atoms with E-state index in [2.05, 4.69) is 10.3 Å². The zero-order valence-corrected chi connectivity index (χ0v) is 17.9. The van der Waals surface area contributed by atoms with Crippen LogP contribution in [-0.2, 0) is 11.3 Å². The molecule has 0 aliphatic carbocycles.